The fourth-order valence-electron chi connectivity index (χ4n) is 1.45. The first-order valence-electron chi connectivity index (χ1n) is 5.75. The summed E-state index contributed by atoms with van der Waals surface area (Å²) < 4.78 is 13.2. The highest BCUT2D eigenvalue weighted by atomic mass is 19.1. The maximum atomic E-state index is 13.2. The molecule has 17 heavy (non-hydrogen) atoms. The predicted octanol–water partition coefficient (Wildman–Crippen LogP) is 1.78. The van der Waals surface area contributed by atoms with Gasteiger partial charge >= 0.3 is 0 Å². The zero-order valence-corrected chi connectivity index (χ0v) is 10.4. The van der Waals surface area contributed by atoms with E-state index in [4.69, 9.17) is 0 Å². The van der Waals surface area contributed by atoms with E-state index < -0.39 is 0 Å². The lowest BCUT2D eigenvalue weighted by Gasteiger charge is -2.10. The van der Waals surface area contributed by atoms with Gasteiger partial charge in [0.1, 0.15) is 5.82 Å². The summed E-state index contributed by atoms with van der Waals surface area (Å²) in [6.07, 6.45) is 1.29. The Kier molecular flexibility index (Phi) is 5.63. The van der Waals surface area contributed by atoms with Gasteiger partial charge < -0.3 is 10.2 Å². The molecule has 0 aliphatic heterocycles. The van der Waals surface area contributed by atoms with Crippen molar-refractivity contribution in [2.24, 2.45) is 0 Å². The highest BCUT2D eigenvalue weighted by Crippen LogP contribution is 2.05. The highest BCUT2D eigenvalue weighted by Gasteiger charge is 2.03. The summed E-state index contributed by atoms with van der Waals surface area (Å²) in [6, 6.07) is 6.70. The van der Waals surface area contributed by atoms with Crippen molar-refractivity contribution in [3.8, 4) is 0 Å². The summed E-state index contributed by atoms with van der Waals surface area (Å²) >= 11 is 0. The van der Waals surface area contributed by atoms with E-state index in [2.05, 4.69) is 5.32 Å². The van der Waals surface area contributed by atoms with E-state index in [0.717, 1.165) is 6.42 Å². The highest BCUT2D eigenvalue weighted by molar-refractivity contribution is 5.75. The number of nitrogens with one attached hydrogen (secondary N) is 1. The molecule has 1 amide bonds. The van der Waals surface area contributed by atoms with Crippen molar-refractivity contribution < 1.29 is 9.18 Å². The van der Waals surface area contributed by atoms with Crippen LogP contribution in [0.15, 0.2) is 24.3 Å². The predicted molar refractivity (Wildman–Crippen MR) is 66.0 cm³/mol. The van der Waals surface area contributed by atoms with Crippen LogP contribution in [0.1, 0.15) is 18.4 Å². The summed E-state index contributed by atoms with van der Waals surface area (Å²) in [6.45, 7) is 1.22. The van der Waals surface area contributed by atoms with E-state index in [1.807, 2.05) is 6.07 Å². The molecule has 1 rings (SSSR count). The van der Waals surface area contributed by atoms with Crippen molar-refractivity contribution in [3.63, 3.8) is 0 Å². The van der Waals surface area contributed by atoms with Gasteiger partial charge in [-0.05, 0) is 19.0 Å². The van der Waals surface area contributed by atoms with Crippen molar-refractivity contribution in [1.82, 2.24) is 10.2 Å². The van der Waals surface area contributed by atoms with Crippen molar-refractivity contribution >= 4 is 5.91 Å². The topological polar surface area (TPSA) is 32.3 Å². The number of carbonyl (C=O) groups excluding carboxylic acids is 1. The Hall–Kier alpha value is -1.42. The van der Waals surface area contributed by atoms with Gasteiger partial charge in [-0.2, -0.15) is 0 Å². The Morgan fingerprint density at radius 1 is 1.35 bits per heavy atom. The quantitative estimate of drug-likeness (QED) is 0.766. The summed E-state index contributed by atoms with van der Waals surface area (Å²) in [5.41, 5.74) is 0.659. The lowest BCUT2D eigenvalue weighted by molar-refractivity contribution is -0.128. The molecule has 0 bridgehead atoms. The van der Waals surface area contributed by atoms with Gasteiger partial charge in [0.25, 0.3) is 0 Å². The maximum Gasteiger partial charge on any atom is 0.222 e. The zero-order valence-electron chi connectivity index (χ0n) is 10.4. The number of hydrogen-bond donors (Lipinski definition) is 1. The number of rotatable bonds is 6. The van der Waals surface area contributed by atoms with E-state index in [0.29, 0.717) is 25.1 Å². The Morgan fingerprint density at radius 3 is 2.71 bits per heavy atom. The third kappa shape index (κ3) is 4.95. The molecule has 1 aromatic rings. The van der Waals surface area contributed by atoms with Crippen LogP contribution in [0.4, 0.5) is 4.39 Å². The lowest BCUT2D eigenvalue weighted by Crippen LogP contribution is -2.23. The minimum absolute atomic E-state index is 0.123. The molecule has 0 fully saturated rings. The van der Waals surface area contributed by atoms with Crippen LogP contribution >= 0.6 is 0 Å². The first-order chi connectivity index (χ1) is 8.11. The molecule has 4 heteroatoms. The van der Waals surface area contributed by atoms with Gasteiger partial charge in [-0.25, -0.2) is 4.39 Å². The molecule has 0 saturated carbocycles. The van der Waals surface area contributed by atoms with Gasteiger partial charge in [0.05, 0.1) is 0 Å². The van der Waals surface area contributed by atoms with E-state index in [-0.39, 0.29) is 11.7 Å². The van der Waals surface area contributed by atoms with Gasteiger partial charge in [-0.1, -0.05) is 18.2 Å². The second-order valence-electron chi connectivity index (χ2n) is 4.16. The van der Waals surface area contributed by atoms with Crippen LogP contribution in [0.25, 0.3) is 0 Å². The van der Waals surface area contributed by atoms with Gasteiger partial charge in [0.2, 0.25) is 5.91 Å². The fourth-order valence-corrected chi connectivity index (χ4v) is 1.45. The summed E-state index contributed by atoms with van der Waals surface area (Å²) in [4.78, 5) is 12.8. The summed E-state index contributed by atoms with van der Waals surface area (Å²) in [7, 11) is 3.49. The van der Waals surface area contributed by atoms with Crippen LogP contribution in [0.5, 0.6) is 0 Å². The van der Waals surface area contributed by atoms with Crippen molar-refractivity contribution in [1.29, 1.82) is 0 Å². The Bertz CT molecular complexity index is 366. The van der Waals surface area contributed by atoms with E-state index in [1.165, 1.54) is 6.07 Å². The van der Waals surface area contributed by atoms with Gasteiger partial charge in [0, 0.05) is 32.6 Å². The molecule has 94 valence electrons. The first-order valence-corrected chi connectivity index (χ1v) is 5.75. The SMILES string of the molecule is CN(C)C(=O)CCCNCc1ccccc1F. The van der Waals surface area contributed by atoms with Crippen LogP contribution in [-0.4, -0.2) is 31.4 Å². The fraction of sp³-hybridized carbons (Fsp3) is 0.462. The second-order valence-corrected chi connectivity index (χ2v) is 4.16. The first kappa shape index (κ1) is 13.6. The Balaban J connectivity index is 2.17. The molecular formula is C13H19FN2O. The molecule has 0 heterocycles. The minimum Gasteiger partial charge on any atom is -0.349 e. The van der Waals surface area contributed by atoms with Crippen LogP contribution in [-0.2, 0) is 11.3 Å². The van der Waals surface area contributed by atoms with Crippen LogP contribution in [0, 0.1) is 5.82 Å². The lowest BCUT2D eigenvalue weighted by atomic mass is 10.2. The van der Waals surface area contributed by atoms with Gasteiger partial charge in [-0.15, -0.1) is 0 Å². The number of nitrogens with zero attached hydrogens (tertiary/aromatic N) is 1. The summed E-state index contributed by atoms with van der Waals surface area (Å²) in [5, 5.41) is 3.13. The third-order valence-corrected chi connectivity index (χ3v) is 2.52. The molecule has 0 aliphatic carbocycles. The Morgan fingerprint density at radius 2 is 2.06 bits per heavy atom. The smallest absolute Gasteiger partial charge is 0.222 e. The van der Waals surface area contributed by atoms with Gasteiger partial charge in [0.15, 0.2) is 0 Å². The maximum absolute atomic E-state index is 13.2. The molecule has 0 spiro atoms. The Labute approximate surface area is 102 Å². The third-order valence-electron chi connectivity index (χ3n) is 2.52. The second kappa shape index (κ2) is 7.01. The standard InChI is InChI=1S/C13H19FN2O/c1-16(2)13(17)8-5-9-15-10-11-6-3-4-7-12(11)14/h3-4,6-7,15H,5,8-10H2,1-2H3. The van der Waals surface area contributed by atoms with Crippen LogP contribution in [0.3, 0.4) is 0 Å². The molecular weight excluding hydrogens is 219 g/mol. The van der Waals surface area contributed by atoms with Gasteiger partial charge in [-0.3, -0.25) is 4.79 Å². The number of carbonyl (C=O) groups is 1. The molecule has 3 nitrogen and oxygen atoms in total. The minimum atomic E-state index is -0.190. The molecule has 0 saturated heterocycles. The zero-order chi connectivity index (χ0) is 12.7. The molecule has 0 aliphatic rings. The average Bonchev–Trinajstić information content (AvgIpc) is 2.30. The molecule has 0 unspecified atom stereocenters. The number of hydrogen-bond acceptors (Lipinski definition) is 2. The molecule has 1 aromatic carbocycles. The van der Waals surface area contributed by atoms with Crippen molar-refractivity contribution in [2.75, 3.05) is 20.6 Å². The molecule has 0 radical (unpaired) electrons. The largest absolute Gasteiger partial charge is 0.349 e. The molecule has 1 N–H and O–H groups in total. The monoisotopic (exact) mass is 238 g/mol. The van der Waals surface area contributed by atoms with E-state index >= 15 is 0 Å². The van der Waals surface area contributed by atoms with Crippen LogP contribution in [0.2, 0.25) is 0 Å². The normalized spacial score (nSPS) is 10.3. The number of halogens is 1. The van der Waals surface area contributed by atoms with E-state index in [1.54, 1.807) is 31.1 Å². The number of amides is 1. The van der Waals surface area contributed by atoms with E-state index in [9.17, 15) is 9.18 Å². The van der Waals surface area contributed by atoms with Crippen molar-refractivity contribution in [3.05, 3.63) is 35.6 Å². The average molecular weight is 238 g/mol. The molecule has 0 aromatic heterocycles. The number of benzene rings is 1. The van der Waals surface area contributed by atoms with Crippen molar-refractivity contribution in [2.45, 2.75) is 19.4 Å². The van der Waals surface area contributed by atoms with Crippen LogP contribution < -0.4 is 5.32 Å². The summed E-state index contributed by atoms with van der Waals surface area (Å²) in [5.74, 6) is -0.0675. The molecule has 0 atom stereocenters.